The lowest BCUT2D eigenvalue weighted by Gasteiger charge is -2.19. The predicted molar refractivity (Wildman–Crippen MR) is 98.5 cm³/mol. The van der Waals surface area contributed by atoms with Gasteiger partial charge in [0.05, 0.1) is 5.69 Å². The smallest absolute Gasteiger partial charge is 0.187 e. The monoisotopic (exact) mass is 316 g/mol. The molecule has 0 amide bonds. The molecule has 1 heterocycles. The highest BCUT2D eigenvalue weighted by molar-refractivity contribution is 7.13. The van der Waals surface area contributed by atoms with Crippen molar-refractivity contribution >= 4 is 22.2 Å². The van der Waals surface area contributed by atoms with Crippen molar-refractivity contribution in [1.82, 2.24) is 4.98 Å². The number of hydrogen-bond acceptors (Lipinski definition) is 3. The van der Waals surface area contributed by atoms with Gasteiger partial charge in [-0.05, 0) is 42.9 Å². The summed E-state index contributed by atoms with van der Waals surface area (Å²) in [5, 5.41) is 6.70. The van der Waals surface area contributed by atoms with Gasteiger partial charge in [0.2, 0.25) is 0 Å². The third-order valence-corrected chi connectivity index (χ3v) is 4.67. The van der Waals surface area contributed by atoms with E-state index in [2.05, 4.69) is 49.7 Å². The van der Waals surface area contributed by atoms with Crippen LogP contribution in [-0.4, -0.2) is 4.98 Å². The Labute approximate surface area is 139 Å². The number of aromatic nitrogens is 1. The summed E-state index contributed by atoms with van der Waals surface area (Å²) in [4.78, 5) is 4.73. The number of fused-ring (bicyclic) bond motifs is 1. The number of anilines is 2. The molecule has 0 atom stereocenters. The summed E-state index contributed by atoms with van der Waals surface area (Å²) in [6.07, 6.45) is 5.03. The van der Waals surface area contributed by atoms with Crippen molar-refractivity contribution in [3.63, 3.8) is 0 Å². The molecule has 1 N–H and O–H groups in total. The first-order valence-electron chi connectivity index (χ1n) is 8.38. The van der Waals surface area contributed by atoms with Gasteiger partial charge in [-0.2, -0.15) is 0 Å². The molecular formula is C19H28N2S. The highest BCUT2D eigenvalue weighted by Gasteiger charge is 2.18. The van der Waals surface area contributed by atoms with E-state index >= 15 is 0 Å². The van der Waals surface area contributed by atoms with Crippen LogP contribution in [0.3, 0.4) is 0 Å². The quantitative estimate of drug-likeness (QED) is 0.725. The van der Waals surface area contributed by atoms with Gasteiger partial charge in [0.25, 0.3) is 0 Å². The van der Waals surface area contributed by atoms with Crippen LogP contribution in [0.15, 0.2) is 23.6 Å². The third kappa shape index (κ3) is 3.89. The predicted octanol–water partition coefficient (Wildman–Crippen LogP) is 6.09. The lowest BCUT2D eigenvalue weighted by molar-refractivity contribution is 0.573. The normalized spacial score (nSPS) is 13.9. The lowest BCUT2D eigenvalue weighted by atomic mass is 9.90. The van der Waals surface area contributed by atoms with Crippen LogP contribution in [0.5, 0.6) is 0 Å². The van der Waals surface area contributed by atoms with E-state index in [9.17, 15) is 0 Å². The van der Waals surface area contributed by atoms with Gasteiger partial charge in [0, 0.05) is 16.5 Å². The summed E-state index contributed by atoms with van der Waals surface area (Å²) in [6, 6.07) is 6.61. The molecule has 1 aliphatic carbocycles. The SMILES string of the molecule is CC.CC(C)(C)c1csc(Nc2cccc3c2CCCC3)n1. The van der Waals surface area contributed by atoms with E-state index in [1.807, 2.05) is 13.8 Å². The molecule has 0 aliphatic heterocycles. The summed E-state index contributed by atoms with van der Waals surface area (Å²) < 4.78 is 0. The van der Waals surface area contributed by atoms with Gasteiger partial charge in [-0.3, -0.25) is 0 Å². The molecule has 2 nitrogen and oxygen atoms in total. The summed E-state index contributed by atoms with van der Waals surface area (Å²) in [7, 11) is 0. The second-order valence-electron chi connectivity index (χ2n) is 6.56. The Balaban J connectivity index is 0.000000847. The minimum Gasteiger partial charge on any atom is -0.331 e. The van der Waals surface area contributed by atoms with Gasteiger partial charge in [-0.1, -0.05) is 46.8 Å². The fourth-order valence-corrected chi connectivity index (χ4v) is 3.64. The summed E-state index contributed by atoms with van der Waals surface area (Å²) in [5.74, 6) is 0. The molecule has 120 valence electrons. The lowest BCUT2D eigenvalue weighted by Crippen LogP contribution is -2.11. The van der Waals surface area contributed by atoms with E-state index < -0.39 is 0 Å². The third-order valence-electron chi connectivity index (χ3n) is 3.91. The molecule has 22 heavy (non-hydrogen) atoms. The van der Waals surface area contributed by atoms with Gasteiger partial charge in [0.1, 0.15) is 0 Å². The zero-order valence-electron chi connectivity index (χ0n) is 14.5. The van der Waals surface area contributed by atoms with Gasteiger partial charge in [-0.15, -0.1) is 11.3 Å². The van der Waals surface area contributed by atoms with Gasteiger partial charge in [0.15, 0.2) is 5.13 Å². The van der Waals surface area contributed by atoms with Crippen LogP contribution in [0, 0.1) is 0 Å². The molecule has 1 aromatic heterocycles. The molecule has 0 spiro atoms. The molecule has 0 bridgehead atoms. The van der Waals surface area contributed by atoms with E-state index in [1.165, 1.54) is 42.5 Å². The van der Waals surface area contributed by atoms with Crippen LogP contribution in [0.25, 0.3) is 0 Å². The first kappa shape index (κ1) is 17.0. The Kier molecular flexibility index (Phi) is 5.63. The topological polar surface area (TPSA) is 24.9 Å². The zero-order chi connectivity index (χ0) is 16.2. The Morgan fingerprint density at radius 2 is 1.82 bits per heavy atom. The van der Waals surface area contributed by atoms with Crippen LogP contribution in [0.1, 0.15) is 64.3 Å². The van der Waals surface area contributed by atoms with Crippen molar-refractivity contribution in [2.24, 2.45) is 0 Å². The van der Waals surface area contributed by atoms with Gasteiger partial charge in [-0.25, -0.2) is 4.98 Å². The summed E-state index contributed by atoms with van der Waals surface area (Å²) in [5.41, 5.74) is 5.53. The number of thiazole rings is 1. The Morgan fingerprint density at radius 3 is 2.50 bits per heavy atom. The van der Waals surface area contributed by atoms with Crippen molar-refractivity contribution in [3.05, 3.63) is 40.4 Å². The molecule has 0 fully saturated rings. The number of rotatable bonds is 2. The van der Waals surface area contributed by atoms with Crippen molar-refractivity contribution in [2.75, 3.05) is 5.32 Å². The van der Waals surface area contributed by atoms with Crippen LogP contribution >= 0.6 is 11.3 Å². The second kappa shape index (κ2) is 7.28. The first-order chi connectivity index (χ1) is 10.5. The Morgan fingerprint density at radius 1 is 1.09 bits per heavy atom. The Hall–Kier alpha value is -1.35. The largest absolute Gasteiger partial charge is 0.331 e. The second-order valence-corrected chi connectivity index (χ2v) is 7.42. The molecule has 3 heteroatoms. The van der Waals surface area contributed by atoms with Crippen molar-refractivity contribution in [1.29, 1.82) is 0 Å². The fourth-order valence-electron chi connectivity index (χ4n) is 2.69. The van der Waals surface area contributed by atoms with Gasteiger partial charge < -0.3 is 5.32 Å². The summed E-state index contributed by atoms with van der Waals surface area (Å²) >= 11 is 1.70. The van der Waals surface area contributed by atoms with Crippen molar-refractivity contribution < 1.29 is 0 Å². The van der Waals surface area contributed by atoms with E-state index in [1.54, 1.807) is 11.3 Å². The molecule has 0 saturated heterocycles. The van der Waals surface area contributed by atoms with Crippen LogP contribution in [0.4, 0.5) is 10.8 Å². The molecule has 0 radical (unpaired) electrons. The number of benzene rings is 1. The first-order valence-corrected chi connectivity index (χ1v) is 9.26. The number of hydrogen-bond donors (Lipinski definition) is 1. The van der Waals surface area contributed by atoms with E-state index in [0.29, 0.717) is 0 Å². The van der Waals surface area contributed by atoms with Crippen molar-refractivity contribution in [3.8, 4) is 0 Å². The van der Waals surface area contributed by atoms with E-state index in [0.717, 1.165) is 10.8 Å². The van der Waals surface area contributed by atoms with Crippen LogP contribution < -0.4 is 5.32 Å². The number of aryl methyl sites for hydroxylation is 1. The van der Waals surface area contributed by atoms with Crippen LogP contribution in [0.2, 0.25) is 0 Å². The molecule has 0 saturated carbocycles. The molecule has 0 unspecified atom stereocenters. The zero-order valence-corrected chi connectivity index (χ0v) is 15.3. The maximum Gasteiger partial charge on any atom is 0.187 e. The standard InChI is InChI=1S/C17H22N2S.C2H6/c1-17(2,3)15-11-20-16(19-15)18-14-10-6-8-12-7-4-5-9-13(12)14;1-2/h6,8,10-11H,4-5,7,9H2,1-3H3,(H,18,19);1-2H3. The number of nitrogens with zero attached hydrogens (tertiary/aromatic N) is 1. The maximum atomic E-state index is 4.73. The average molecular weight is 317 g/mol. The molecular weight excluding hydrogens is 288 g/mol. The highest BCUT2D eigenvalue weighted by Crippen LogP contribution is 2.32. The fraction of sp³-hybridized carbons (Fsp3) is 0.526. The Bertz CT molecular complexity index is 608. The van der Waals surface area contributed by atoms with Gasteiger partial charge >= 0.3 is 0 Å². The number of nitrogens with one attached hydrogen (secondary N) is 1. The molecule has 3 rings (SSSR count). The summed E-state index contributed by atoms with van der Waals surface area (Å²) in [6.45, 7) is 10.6. The maximum absolute atomic E-state index is 4.73. The molecule has 2 aromatic rings. The van der Waals surface area contributed by atoms with E-state index in [4.69, 9.17) is 4.98 Å². The molecule has 1 aromatic carbocycles. The minimum atomic E-state index is 0.118. The van der Waals surface area contributed by atoms with E-state index in [-0.39, 0.29) is 5.41 Å². The average Bonchev–Trinajstić information content (AvgIpc) is 2.99. The molecule has 1 aliphatic rings. The van der Waals surface area contributed by atoms with Crippen molar-refractivity contribution in [2.45, 2.75) is 65.7 Å². The van der Waals surface area contributed by atoms with Crippen LogP contribution in [-0.2, 0) is 18.3 Å². The highest BCUT2D eigenvalue weighted by atomic mass is 32.1. The minimum absolute atomic E-state index is 0.118.